The van der Waals surface area contributed by atoms with Gasteiger partial charge in [0.2, 0.25) is 0 Å². The molecule has 1 atom stereocenters. The molecule has 0 saturated carbocycles. The molecule has 2 rings (SSSR count). The standard InChI is InChI=1S/C15H23N3O2/c1-3-13(15(19)20-4-2)17-9-11-18(12-10-17)14-7-5-6-8-16-14/h5-8,13H,3-4,9-12H2,1-2H3. The van der Waals surface area contributed by atoms with Gasteiger partial charge in [-0.15, -0.1) is 0 Å². The molecule has 2 heterocycles. The molecule has 1 fully saturated rings. The van der Waals surface area contributed by atoms with Crippen molar-refractivity contribution in [2.24, 2.45) is 0 Å². The highest BCUT2D eigenvalue weighted by molar-refractivity contribution is 5.75. The summed E-state index contributed by atoms with van der Waals surface area (Å²) in [7, 11) is 0. The minimum atomic E-state index is -0.110. The van der Waals surface area contributed by atoms with E-state index in [0.29, 0.717) is 6.61 Å². The Bertz CT molecular complexity index is 416. The zero-order valence-corrected chi connectivity index (χ0v) is 12.3. The van der Waals surface area contributed by atoms with Crippen LogP contribution in [0.15, 0.2) is 24.4 Å². The highest BCUT2D eigenvalue weighted by Gasteiger charge is 2.28. The van der Waals surface area contributed by atoms with Gasteiger partial charge in [-0.1, -0.05) is 13.0 Å². The monoisotopic (exact) mass is 277 g/mol. The van der Waals surface area contributed by atoms with Crippen molar-refractivity contribution in [1.29, 1.82) is 0 Å². The lowest BCUT2D eigenvalue weighted by atomic mass is 10.1. The van der Waals surface area contributed by atoms with E-state index < -0.39 is 0 Å². The number of ether oxygens (including phenoxy) is 1. The molecule has 0 N–H and O–H groups in total. The Morgan fingerprint density at radius 1 is 1.30 bits per heavy atom. The molecule has 1 aromatic heterocycles. The van der Waals surface area contributed by atoms with Gasteiger partial charge in [0.15, 0.2) is 0 Å². The van der Waals surface area contributed by atoms with Crippen molar-refractivity contribution in [2.45, 2.75) is 26.3 Å². The van der Waals surface area contributed by atoms with Crippen LogP contribution in [0.5, 0.6) is 0 Å². The minimum Gasteiger partial charge on any atom is -0.465 e. The third-order valence-corrected chi connectivity index (χ3v) is 3.67. The van der Waals surface area contributed by atoms with Gasteiger partial charge in [-0.3, -0.25) is 9.69 Å². The van der Waals surface area contributed by atoms with Crippen molar-refractivity contribution in [1.82, 2.24) is 9.88 Å². The van der Waals surface area contributed by atoms with Crippen LogP contribution in [-0.2, 0) is 9.53 Å². The van der Waals surface area contributed by atoms with Crippen molar-refractivity contribution >= 4 is 11.8 Å². The first-order valence-electron chi connectivity index (χ1n) is 7.33. The molecule has 0 amide bonds. The minimum absolute atomic E-state index is 0.0960. The van der Waals surface area contributed by atoms with E-state index in [1.807, 2.05) is 38.2 Å². The van der Waals surface area contributed by atoms with E-state index in [1.165, 1.54) is 0 Å². The summed E-state index contributed by atoms with van der Waals surface area (Å²) < 4.78 is 5.15. The van der Waals surface area contributed by atoms with Crippen LogP contribution >= 0.6 is 0 Å². The maximum absolute atomic E-state index is 11.9. The lowest BCUT2D eigenvalue weighted by Crippen LogP contribution is -2.53. The van der Waals surface area contributed by atoms with Crippen LogP contribution in [0.3, 0.4) is 0 Å². The Labute approximate surface area is 120 Å². The molecule has 1 saturated heterocycles. The average Bonchev–Trinajstić information content (AvgIpc) is 2.50. The number of carbonyl (C=O) groups excluding carboxylic acids is 1. The van der Waals surface area contributed by atoms with Crippen molar-refractivity contribution in [3.63, 3.8) is 0 Å². The van der Waals surface area contributed by atoms with Crippen LogP contribution < -0.4 is 4.90 Å². The summed E-state index contributed by atoms with van der Waals surface area (Å²) in [5.74, 6) is 0.914. The molecular formula is C15H23N3O2. The molecular weight excluding hydrogens is 254 g/mol. The molecule has 0 aromatic carbocycles. The number of aromatic nitrogens is 1. The van der Waals surface area contributed by atoms with E-state index in [4.69, 9.17) is 4.74 Å². The third kappa shape index (κ3) is 3.48. The summed E-state index contributed by atoms with van der Waals surface area (Å²) in [6.07, 6.45) is 2.61. The van der Waals surface area contributed by atoms with E-state index in [9.17, 15) is 4.79 Å². The predicted molar refractivity (Wildman–Crippen MR) is 78.7 cm³/mol. The zero-order chi connectivity index (χ0) is 14.4. The lowest BCUT2D eigenvalue weighted by molar-refractivity contribution is -0.149. The largest absolute Gasteiger partial charge is 0.465 e. The van der Waals surface area contributed by atoms with Gasteiger partial charge in [-0.05, 0) is 25.5 Å². The second kappa shape index (κ2) is 7.24. The summed E-state index contributed by atoms with van der Waals surface area (Å²) >= 11 is 0. The lowest BCUT2D eigenvalue weighted by Gasteiger charge is -2.38. The van der Waals surface area contributed by atoms with Gasteiger partial charge < -0.3 is 9.64 Å². The Hall–Kier alpha value is -1.62. The summed E-state index contributed by atoms with van der Waals surface area (Å²) in [5, 5.41) is 0. The van der Waals surface area contributed by atoms with Crippen molar-refractivity contribution in [2.75, 3.05) is 37.7 Å². The molecule has 110 valence electrons. The van der Waals surface area contributed by atoms with E-state index in [2.05, 4.69) is 14.8 Å². The van der Waals surface area contributed by atoms with E-state index in [-0.39, 0.29) is 12.0 Å². The number of hydrogen-bond donors (Lipinski definition) is 0. The van der Waals surface area contributed by atoms with Gasteiger partial charge in [0, 0.05) is 32.4 Å². The molecule has 20 heavy (non-hydrogen) atoms. The first-order chi connectivity index (χ1) is 9.76. The highest BCUT2D eigenvalue weighted by atomic mass is 16.5. The van der Waals surface area contributed by atoms with Gasteiger partial charge in [0.1, 0.15) is 11.9 Å². The Morgan fingerprint density at radius 3 is 2.60 bits per heavy atom. The quantitative estimate of drug-likeness (QED) is 0.764. The number of anilines is 1. The molecule has 5 nitrogen and oxygen atoms in total. The number of carbonyl (C=O) groups is 1. The molecule has 0 aliphatic carbocycles. The SMILES string of the molecule is CCOC(=O)C(CC)N1CCN(c2ccccn2)CC1. The summed E-state index contributed by atoms with van der Waals surface area (Å²) in [6, 6.07) is 5.84. The van der Waals surface area contributed by atoms with Crippen LogP contribution in [0.2, 0.25) is 0 Å². The molecule has 1 aromatic rings. The fraction of sp³-hybridized carbons (Fsp3) is 0.600. The fourth-order valence-corrected chi connectivity index (χ4v) is 2.62. The topological polar surface area (TPSA) is 45.7 Å². The highest BCUT2D eigenvalue weighted by Crippen LogP contribution is 2.15. The van der Waals surface area contributed by atoms with Gasteiger partial charge in [0.05, 0.1) is 6.61 Å². The van der Waals surface area contributed by atoms with Crippen LogP contribution in [0.1, 0.15) is 20.3 Å². The Morgan fingerprint density at radius 2 is 2.05 bits per heavy atom. The molecule has 0 radical (unpaired) electrons. The summed E-state index contributed by atoms with van der Waals surface area (Å²) in [4.78, 5) is 20.8. The van der Waals surface area contributed by atoms with E-state index >= 15 is 0 Å². The molecule has 0 spiro atoms. The number of nitrogens with zero attached hydrogens (tertiary/aromatic N) is 3. The first-order valence-corrected chi connectivity index (χ1v) is 7.33. The number of esters is 1. The predicted octanol–water partition coefficient (Wildman–Crippen LogP) is 1.55. The third-order valence-electron chi connectivity index (χ3n) is 3.67. The van der Waals surface area contributed by atoms with Crippen LogP contribution in [-0.4, -0.2) is 54.7 Å². The smallest absolute Gasteiger partial charge is 0.323 e. The van der Waals surface area contributed by atoms with E-state index in [0.717, 1.165) is 38.4 Å². The van der Waals surface area contributed by atoms with Crippen LogP contribution in [0.25, 0.3) is 0 Å². The summed E-state index contributed by atoms with van der Waals surface area (Å²) in [5.41, 5.74) is 0. The second-order valence-corrected chi connectivity index (χ2v) is 4.89. The maximum Gasteiger partial charge on any atom is 0.323 e. The number of rotatable bonds is 5. The molecule has 1 aliphatic heterocycles. The van der Waals surface area contributed by atoms with Crippen LogP contribution in [0.4, 0.5) is 5.82 Å². The van der Waals surface area contributed by atoms with Crippen molar-refractivity contribution in [3.05, 3.63) is 24.4 Å². The summed E-state index contributed by atoms with van der Waals surface area (Å²) in [6.45, 7) is 7.86. The molecule has 5 heteroatoms. The number of hydrogen-bond acceptors (Lipinski definition) is 5. The van der Waals surface area contributed by atoms with Crippen LogP contribution in [0, 0.1) is 0 Å². The first kappa shape index (κ1) is 14.8. The molecule has 1 aliphatic rings. The Kier molecular flexibility index (Phi) is 5.35. The average molecular weight is 277 g/mol. The van der Waals surface area contributed by atoms with Gasteiger partial charge >= 0.3 is 5.97 Å². The van der Waals surface area contributed by atoms with Crippen molar-refractivity contribution < 1.29 is 9.53 Å². The number of pyridine rings is 1. The second-order valence-electron chi connectivity index (χ2n) is 4.89. The maximum atomic E-state index is 11.9. The van der Waals surface area contributed by atoms with Crippen molar-refractivity contribution in [3.8, 4) is 0 Å². The molecule has 0 bridgehead atoms. The Balaban J connectivity index is 1.91. The van der Waals surface area contributed by atoms with Gasteiger partial charge in [-0.2, -0.15) is 0 Å². The fourth-order valence-electron chi connectivity index (χ4n) is 2.62. The zero-order valence-electron chi connectivity index (χ0n) is 12.3. The normalized spacial score (nSPS) is 17.8. The van der Waals surface area contributed by atoms with Gasteiger partial charge in [0.25, 0.3) is 0 Å². The molecule has 1 unspecified atom stereocenters. The van der Waals surface area contributed by atoms with E-state index in [1.54, 1.807) is 0 Å². The number of piperazine rings is 1. The van der Waals surface area contributed by atoms with Gasteiger partial charge in [-0.25, -0.2) is 4.98 Å².